The van der Waals surface area contributed by atoms with Crippen molar-refractivity contribution < 1.29 is 53.6 Å². The molecule has 3 aliphatic heterocycles. The fourth-order valence-corrected chi connectivity index (χ4v) is 5.54. The molecule has 38 heavy (non-hydrogen) atoms. The Bertz CT molecular complexity index is 1110. The second kappa shape index (κ2) is 11.2. The summed E-state index contributed by atoms with van der Waals surface area (Å²) in [6.07, 6.45) is -7.27. The average Bonchev–Trinajstić information content (AvgIpc) is 3.55. The molecule has 3 saturated heterocycles. The summed E-state index contributed by atoms with van der Waals surface area (Å²) in [5, 5.41) is 39.7. The van der Waals surface area contributed by atoms with E-state index in [1.54, 1.807) is 33.5 Å². The van der Waals surface area contributed by atoms with Crippen molar-refractivity contribution in [2.24, 2.45) is 11.8 Å². The van der Waals surface area contributed by atoms with Crippen molar-refractivity contribution in [2.75, 3.05) is 41.2 Å². The van der Waals surface area contributed by atoms with Crippen molar-refractivity contribution >= 4 is 0 Å². The molecule has 0 radical (unpaired) electrons. The Morgan fingerprint density at radius 1 is 0.763 bits per heavy atom. The van der Waals surface area contributed by atoms with Crippen LogP contribution in [0.15, 0.2) is 36.4 Å². The number of fused-ring (bicyclic) bond motifs is 1. The minimum atomic E-state index is -1.53. The third kappa shape index (κ3) is 4.79. The van der Waals surface area contributed by atoms with Gasteiger partial charge >= 0.3 is 0 Å². The molecule has 2 aromatic carbocycles. The van der Waals surface area contributed by atoms with Crippen LogP contribution in [0, 0.1) is 11.8 Å². The van der Waals surface area contributed by atoms with Gasteiger partial charge in [0.2, 0.25) is 6.29 Å². The van der Waals surface area contributed by atoms with Crippen molar-refractivity contribution in [3.8, 4) is 23.0 Å². The van der Waals surface area contributed by atoms with Crippen LogP contribution in [0.5, 0.6) is 23.0 Å². The molecule has 3 fully saturated rings. The largest absolute Gasteiger partial charge is 0.496 e. The molecule has 0 bridgehead atoms. The van der Waals surface area contributed by atoms with Gasteiger partial charge in [-0.15, -0.1) is 0 Å². The van der Waals surface area contributed by atoms with E-state index in [4.69, 9.17) is 33.2 Å². The molecule has 0 amide bonds. The van der Waals surface area contributed by atoms with Gasteiger partial charge in [0.15, 0.2) is 11.5 Å². The van der Waals surface area contributed by atoms with E-state index in [-0.39, 0.29) is 24.0 Å². The van der Waals surface area contributed by atoms with Gasteiger partial charge in [-0.3, -0.25) is 0 Å². The molecular weight excluding hydrogens is 500 g/mol. The summed E-state index contributed by atoms with van der Waals surface area (Å²) in [4.78, 5) is 0. The zero-order chi connectivity index (χ0) is 27.0. The van der Waals surface area contributed by atoms with Gasteiger partial charge in [-0.2, -0.15) is 0 Å². The quantitative estimate of drug-likeness (QED) is 0.384. The third-order valence-electron chi connectivity index (χ3n) is 7.61. The maximum absolute atomic E-state index is 10.3. The number of rotatable bonds is 8. The van der Waals surface area contributed by atoms with Crippen LogP contribution in [-0.2, 0) is 14.2 Å². The van der Waals surface area contributed by atoms with Gasteiger partial charge in [0.1, 0.15) is 35.9 Å². The zero-order valence-electron chi connectivity index (χ0n) is 21.4. The molecule has 0 spiro atoms. The molecule has 0 saturated carbocycles. The molecule has 9 atom stereocenters. The summed E-state index contributed by atoms with van der Waals surface area (Å²) < 4.78 is 40.2. The van der Waals surface area contributed by atoms with Crippen LogP contribution in [0.2, 0.25) is 0 Å². The van der Waals surface area contributed by atoms with Crippen LogP contribution in [0.1, 0.15) is 23.3 Å². The second-order valence-corrected chi connectivity index (χ2v) is 9.67. The highest BCUT2D eigenvalue weighted by molar-refractivity contribution is 5.45. The number of benzene rings is 2. The molecule has 4 N–H and O–H groups in total. The molecule has 2 aromatic rings. The van der Waals surface area contributed by atoms with E-state index in [0.717, 1.165) is 11.1 Å². The van der Waals surface area contributed by atoms with Crippen LogP contribution >= 0.6 is 0 Å². The Hall–Kier alpha value is -2.64. The predicted octanol–water partition coefficient (Wildman–Crippen LogP) is 0.966. The molecule has 0 aliphatic carbocycles. The van der Waals surface area contributed by atoms with Crippen molar-refractivity contribution in [2.45, 2.75) is 42.9 Å². The number of hydrogen-bond acceptors (Lipinski definition) is 11. The predicted molar refractivity (Wildman–Crippen MR) is 131 cm³/mol. The number of methoxy groups -OCH3 is 3. The van der Waals surface area contributed by atoms with Gasteiger partial charge in [-0.05, 0) is 29.8 Å². The maximum atomic E-state index is 10.3. The van der Waals surface area contributed by atoms with E-state index in [1.807, 2.05) is 24.3 Å². The normalized spacial score (nSPS) is 34.6. The lowest BCUT2D eigenvalue weighted by Crippen LogP contribution is -2.60. The molecule has 0 aromatic heterocycles. The molecule has 11 nitrogen and oxygen atoms in total. The van der Waals surface area contributed by atoms with Crippen LogP contribution in [-0.4, -0.2) is 92.3 Å². The van der Waals surface area contributed by atoms with Crippen molar-refractivity contribution in [3.05, 3.63) is 47.5 Å². The fraction of sp³-hybridized carbons (Fsp3) is 0.556. The summed E-state index contributed by atoms with van der Waals surface area (Å²) in [5.41, 5.74) is 1.83. The van der Waals surface area contributed by atoms with Crippen molar-refractivity contribution in [1.29, 1.82) is 0 Å². The van der Waals surface area contributed by atoms with Gasteiger partial charge in [0.25, 0.3) is 0 Å². The Balaban J connectivity index is 1.32. The topological polar surface area (TPSA) is 146 Å². The first-order valence-electron chi connectivity index (χ1n) is 12.5. The highest BCUT2D eigenvalue weighted by Crippen LogP contribution is 2.52. The zero-order valence-corrected chi connectivity index (χ0v) is 21.4. The van der Waals surface area contributed by atoms with Crippen molar-refractivity contribution in [3.63, 3.8) is 0 Å². The first kappa shape index (κ1) is 26.9. The number of hydrogen-bond donors (Lipinski definition) is 4. The first-order valence-corrected chi connectivity index (χ1v) is 12.5. The molecular formula is C27H34O11. The van der Waals surface area contributed by atoms with E-state index in [0.29, 0.717) is 36.2 Å². The van der Waals surface area contributed by atoms with Crippen molar-refractivity contribution in [1.82, 2.24) is 0 Å². The SMILES string of the molecule is COc1ccc([C@@H]2OC[C@@H]3[C@H]2CO[C@@H]3c2ccc(O[C@H]3O[C@@H](CO)[C@H](O)[C@@H](O)[C@@H]3O)cc2OC)cc1OC. The van der Waals surface area contributed by atoms with Crippen LogP contribution in [0.4, 0.5) is 0 Å². The smallest absolute Gasteiger partial charge is 0.229 e. The van der Waals surface area contributed by atoms with E-state index < -0.39 is 37.3 Å². The lowest BCUT2D eigenvalue weighted by atomic mass is 9.84. The Morgan fingerprint density at radius 3 is 2.13 bits per heavy atom. The molecule has 5 rings (SSSR count). The maximum Gasteiger partial charge on any atom is 0.229 e. The molecule has 208 valence electrons. The van der Waals surface area contributed by atoms with Gasteiger partial charge in [0, 0.05) is 23.5 Å². The van der Waals surface area contributed by atoms with Gasteiger partial charge in [0.05, 0.1) is 53.4 Å². The number of aliphatic hydroxyl groups excluding tert-OH is 4. The summed E-state index contributed by atoms with van der Waals surface area (Å²) in [6.45, 7) is 0.488. The van der Waals surface area contributed by atoms with Crippen LogP contribution < -0.4 is 18.9 Å². The summed E-state index contributed by atoms with van der Waals surface area (Å²) >= 11 is 0. The summed E-state index contributed by atoms with van der Waals surface area (Å²) in [6, 6.07) is 11.0. The standard InChI is InChI=1S/C27H34O11/c1-32-18-7-4-13(8-20(18)34-3)25-16-11-36-26(17(16)12-35-25)15-6-5-14(9-19(15)33-2)37-27-24(31)23(30)22(29)21(10-28)38-27/h4-9,16-17,21-31H,10-12H2,1-3H3/t16-,17-,21+,22+,23-,24+,25+,26-,27+/m1/s1. The summed E-state index contributed by atoms with van der Waals surface area (Å²) in [7, 11) is 4.75. The molecule has 11 heteroatoms. The Labute approximate surface area is 220 Å². The summed E-state index contributed by atoms with van der Waals surface area (Å²) in [5.74, 6) is 2.36. The minimum Gasteiger partial charge on any atom is -0.496 e. The van der Waals surface area contributed by atoms with Crippen LogP contribution in [0.3, 0.4) is 0 Å². The minimum absolute atomic E-state index is 0.0965. The van der Waals surface area contributed by atoms with E-state index >= 15 is 0 Å². The second-order valence-electron chi connectivity index (χ2n) is 9.67. The van der Waals surface area contributed by atoms with E-state index in [9.17, 15) is 20.4 Å². The fourth-order valence-electron chi connectivity index (χ4n) is 5.54. The number of aliphatic hydroxyl groups is 4. The van der Waals surface area contributed by atoms with Gasteiger partial charge in [-0.1, -0.05) is 6.07 Å². The number of ether oxygens (including phenoxy) is 7. The lowest BCUT2D eigenvalue weighted by Gasteiger charge is -2.39. The monoisotopic (exact) mass is 534 g/mol. The molecule has 0 unspecified atom stereocenters. The van der Waals surface area contributed by atoms with Crippen LogP contribution in [0.25, 0.3) is 0 Å². The van der Waals surface area contributed by atoms with Gasteiger partial charge < -0.3 is 53.6 Å². The van der Waals surface area contributed by atoms with E-state index in [1.165, 1.54) is 0 Å². The highest BCUT2D eigenvalue weighted by atomic mass is 16.7. The van der Waals surface area contributed by atoms with E-state index in [2.05, 4.69) is 0 Å². The molecule has 3 aliphatic rings. The lowest BCUT2D eigenvalue weighted by molar-refractivity contribution is -0.277. The molecule has 3 heterocycles. The third-order valence-corrected chi connectivity index (χ3v) is 7.61. The van der Waals surface area contributed by atoms with Gasteiger partial charge in [-0.25, -0.2) is 0 Å². The Morgan fingerprint density at radius 2 is 1.45 bits per heavy atom. The highest BCUT2D eigenvalue weighted by Gasteiger charge is 2.49. The Kier molecular flexibility index (Phi) is 7.96. The average molecular weight is 535 g/mol. The first-order chi connectivity index (χ1) is 18.4.